The molecule has 1 N–H and O–H groups in total. The van der Waals surface area contributed by atoms with E-state index in [2.05, 4.69) is 6.58 Å². The van der Waals surface area contributed by atoms with Gasteiger partial charge in [-0.1, -0.05) is 23.8 Å². The number of aliphatic hydroxyl groups excluding tert-OH is 1. The highest BCUT2D eigenvalue weighted by Crippen LogP contribution is 2.13. The first-order valence-electron chi connectivity index (χ1n) is 5.79. The van der Waals surface area contributed by atoms with Crippen molar-refractivity contribution in [2.75, 3.05) is 19.8 Å². The molecule has 1 aromatic carbocycles. The molecule has 0 heterocycles. The molecule has 0 radical (unpaired) electrons. The Morgan fingerprint density at radius 2 is 2.00 bits per heavy atom. The molecular weight excluding hydrogens is 268 g/mol. The van der Waals surface area contributed by atoms with E-state index in [-0.39, 0.29) is 24.7 Å². The van der Waals surface area contributed by atoms with Gasteiger partial charge in [0.1, 0.15) is 6.10 Å². The van der Waals surface area contributed by atoms with Gasteiger partial charge in [-0.3, -0.25) is 4.18 Å². The van der Waals surface area contributed by atoms with Crippen LogP contribution in [0.1, 0.15) is 5.56 Å². The van der Waals surface area contributed by atoms with Crippen LogP contribution in [0.25, 0.3) is 0 Å². The molecule has 0 fully saturated rings. The molecule has 0 aliphatic heterocycles. The highest BCUT2D eigenvalue weighted by atomic mass is 32.2. The third kappa shape index (κ3) is 5.12. The van der Waals surface area contributed by atoms with E-state index in [1.54, 1.807) is 12.1 Å². The van der Waals surface area contributed by atoms with E-state index in [0.29, 0.717) is 0 Å². The fourth-order valence-corrected chi connectivity index (χ4v) is 2.23. The molecule has 0 amide bonds. The second-order valence-electron chi connectivity index (χ2n) is 3.98. The number of rotatable bonds is 8. The summed E-state index contributed by atoms with van der Waals surface area (Å²) in [7, 11) is -3.82. The van der Waals surface area contributed by atoms with Gasteiger partial charge in [0, 0.05) is 0 Å². The Morgan fingerprint density at radius 3 is 2.53 bits per heavy atom. The van der Waals surface area contributed by atoms with Crippen LogP contribution in [0.15, 0.2) is 41.8 Å². The first-order chi connectivity index (χ1) is 8.99. The average molecular weight is 286 g/mol. The van der Waals surface area contributed by atoms with Gasteiger partial charge in [0.2, 0.25) is 0 Å². The molecule has 0 saturated heterocycles. The molecular formula is C13H18O5S. The fourth-order valence-electron chi connectivity index (χ4n) is 1.30. The van der Waals surface area contributed by atoms with Gasteiger partial charge in [-0.15, -0.1) is 6.58 Å². The van der Waals surface area contributed by atoms with Gasteiger partial charge in [0.05, 0.1) is 24.7 Å². The third-order valence-electron chi connectivity index (χ3n) is 2.37. The molecule has 1 unspecified atom stereocenters. The Morgan fingerprint density at radius 1 is 1.37 bits per heavy atom. The summed E-state index contributed by atoms with van der Waals surface area (Å²) in [5.41, 5.74) is 0.960. The minimum absolute atomic E-state index is 0.0820. The summed E-state index contributed by atoms with van der Waals surface area (Å²) in [5, 5.41) is 9.02. The normalized spacial score (nSPS) is 13.2. The van der Waals surface area contributed by atoms with Crippen molar-refractivity contribution in [3.8, 4) is 0 Å². The first-order valence-corrected chi connectivity index (χ1v) is 7.20. The average Bonchev–Trinajstić information content (AvgIpc) is 2.39. The number of hydrogen-bond donors (Lipinski definition) is 1. The van der Waals surface area contributed by atoms with Crippen molar-refractivity contribution in [3.05, 3.63) is 42.5 Å². The summed E-state index contributed by atoms with van der Waals surface area (Å²) in [6.07, 6.45) is 0.815. The Labute approximate surface area is 113 Å². The molecule has 1 atom stereocenters. The molecule has 5 nitrogen and oxygen atoms in total. The van der Waals surface area contributed by atoms with E-state index in [1.165, 1.54) is 18.2 Å². The van der Waals surface area contributed by atoms with Crippen LogP contribution >= 0.6 is 0 Å². The fraction of sp³-hybridized carbons (Fsp3) is 0.385. The molecule has 6 heteroatoms. The predicted octanol–water partition coefficient (Wildman–Crippen LogP) is 1.26. The van der Waals surface area contributed by atoms with Gasteiger partial charge in [0.25, 0.3) is 10.1 Å². The van der Waals surface area contributed by atoms with Gasteiger partial charge in [0.15, 0.2) is 0 Å². The van der Waals surface area contributed by atoms with Crippen molar-refractivity contribution in [1.82, 2.24) is 0 Å². The third-order valence-corrected chi connectivity index (χ3v) is 3.67. The van der Waals surface area contributed by atoms with Crippen molar-refractivity contribution in [1.29, 1.82) is 0 Å². The summed E-state index contributed by atoms with van der Waals surface area (Å²) < 4.78 is 33.7. The van der Waals surface area contributed by atoms with Gasteiger partial charge >= 0.3 is 0 Å². The van der Waals surface area contributed by atoms with Crippen LogP contribution in [0.5, 0.6) is 0 Å². The highest BCUT2D eigenvalue weighted by Gasteiger charge is 2.18. The van der Waals surface area contributed by atoms with E-state index in [9.17, 15) is 8.42 Å². The smallest absolute Gasteiger partial charge is 0.297 e. The molecule has 0 saturated carbocycles. The van der Waals surface area contributed by atoms with E-state index in [1.807, 2.05) is 6.92 Å². The van der Waals surface area contributed by atoms with Crippen LogP contribution in [0.3, 0.4) is 0 Å². The zero-order valence-electron chi connectivity index (χ0n) is 10.8. The van der Waals surface area contributed by atoms with Crippen LogP contribution in [-0.4, -0.2) is 39.4 Å². The molecule has 106 valence electrons. The van der Waals surface area contributed by atoms with E-state index in [0.717, 1.165) is 5.56 Å². The summed E-state index contributed by atoms with van der Waals surface area (Å²) in [6.45, 7) is 4.99. The van der Waals surface area contributed by atoms with Gasteiger partial charge < -0.3 is 9.84 Å². The number of benzene rings is 1. The quantitative estimate of drug-likeness (QED) is 0.575. The number of hydrogen-bond acceptors (Lipinski definition) is 5. The summed E-state index contributed by atoms with van der Waals surface area (Å²) in [4.78, 5) is 0.0820. The zero-order valence-corrected chi connectivity index (χ0v) is 11.6. The number of ether oxygens (including phenoxy) is 1. The lowest BCUT2D eigenvalue weighted by Gasteiger charge is -2.14. The predicted molar refractivity (Wildman–Crippen MR) is 71.3 cm³/mol. The topological polar surface area (TPSA) is 72.8 Å². The molecule has 0 bridgehead atoms. The molecule has 0 aliphatic rings. The molecule has 0 spiro atoms. The second-order valence-corrected chi connectivity index (χ2v) is 5.59. The van der Waals surface area contributed by atoms with Crippen molar-refractivity contribution in [3.63, 3.8) is 0 Å². The SMILES string of the molecule is C=CCOC(CO)COS(=O)(=O)c1ccc(C)cc1. The van der Waals surface area contributed by atoms with Gasteiger partial charge in [-0.2, -0.15) is 8.42 Å². The second kappa shape index (κ2) is 7.40. The zero-order chi connectivity index (χ0) is 14.3. The largest absolute Gasteiger partial charge is 0.394 e. The Kier molecular flexibility index (Phi) is 6.17. The maximum absolute atomic E-state index is 11.9. The minimum atomic E-state index is -3.82. The Bertz CT molecular complexity index is 492. The molecule has 1 rings (SSSR count). The van der Waals surface area contributed by atoms with Crippen LogP contribution in [0.4, 0.5) is 0 Å². The maximum Gasteiger partial charge on any atom is 0.297 e. The van der Waals surface area contributed by atoms with Crippen molar-refractivity contribution < 1.29 is 22.4 Å². The van der Waals surface area contributed by atoms with Crippen LogP contribution in [-0.2, 0) is 19.0 Å². The lowest BCUT2D eigenvalue weighted by molar-refractivity contribution is 0.000837. The lowest BCUT2D eigenvalue weighted by atomic mass is 10.2. The monoisotopic (exact) mass is 286 g/mol. The Balaban J connectivity index is 2.64. The number of aryl methyl sites for hydroxylation is 1. The van der Waals surface area contributed by atoms with E-state index < -0.39 is 16.2 Å². The van der Waals surface area contributed by atoms with Crippen LogP contribution < -0.4 is 0 Å². The summed E-state index contributed by atoms with van der Waals surface area (Å²) in [6, 6.07) is 6.33. The standard InChI is InChI=1S/C13H18O5S/c1-3-8-17-12(9-14)10-18-19(15,16)13-6-4-11(2)5-7-13/h3-7,12,14H,1,8-10H2,2H3. The van der Waals surface area contributed by atoms with Crippen molar-refractivity contribution >= 4 is 10.1 Å². The van der Waals surface area contributed by atoms with E-state index in [4.69, 9.17) is 14.0 Å². The first kappa shape index (κ1) is 15.8. The maximum atomic E-state index is 11.9. The molecule has 19 heavy (non-hydrogen) atoms. The number of aliphatic hydroxyl groups is 1. The summed E-state index contributed by atoms with van der Waals surface area (Å²) in [5.74, 6) is 0. The molecule has 1 aromatic rings. The molecule has 0 aromatic heterocycles. The van der Waals surface area contributed by atoms with Gasteiger partial charge in [-0.05, 0) is 19.1 Å². The minimum Gasteiger partial charge on any atom is -0.394 e. The van der Waals surface area contributed by atoms with E-state index >= 15 is 0 Å². The summed E-state index contributed by atoms with van der Waals surface area (Å²) >= 11 is 0. The van der Waals surface area contributed by atoms with Crippen LogP contribution in [0, 0.1) is 6.92 Å². The van der Waals surface area contributed by atoms with Crippen molar-refractivity contribution in [2.45, 2.75) is 17.9 Å². The lowest BCUT2D eigenvalue weighted by Crippen LogP contribution is -2.26. The Hall–Kier alpha value is -1.21. The van der Waals surface area contributed by atoms with Gasteiger partial charge in [-0.25, -0.2) is 0 Å². The molecule has 0 aliphatic carbocycles. The van der Waals surface area contributed by atoms with Crippen LogP contribution in [0.2, 0.25) is 0 Å². The van der Waals surface area contributed by atoms with Crippen molar-refractivity contribution in [2.24, 2.45) is 0 Å². The highest BCUT2D eigenvalue weighted by molar-refractivity contribution is 7.86.